The Balaban J connectivity index is 3.60. The molecule has 1 N–H and O–H groups in total. The standard InChI is InChI=1S/C10H20N2O/c1-4-6-8-10(13)12-11-9(3)7-5-2/h4-8H2,1-3H3,(H,12,13)/b11-9+. The van der Waals surface area contributed by atoms with E-state index in [1.54, 1.807) is 0 Å². The number of amides is 1. The van der Waals surface area contributed by atoms with E-state index >= 15 is 0 Å². The molecule has 0 atom stereocenters. The van der Waals surface area contributed by atoms with Crippen molar-refractivity contribution in [2.75, 3.05) is 0 Å². The van der Waals surface area contributed by atoms with Crippen molar-refractivity contribution < 1.29 is 4.79 Å². The lowest BCUT2D eigenvalue weighted by Crippen LogP contribution is -2.18. The van der Waals surface area contributed by atoms with Crippen LogP contribution in [-0.2, 0) is 4.79 Å². The highest BCUT2D eigenvalue weighted by molar-refractivity contribution is 5.84. The number of hydrogen-bond donors (Lipinski definition) is 1. The fourth-order valence-corrected chi connectivity index (χ4v) is 0.969. The molecule has 0 aromatic carbocycles. The van der Waals surface area contributed by atoms with E-state index in [1.165, 1.54) is 0 Å². The van der Waals surface area contributed by atoms with Crippen molar-refractivity contribution >= 4 is 11.6 Å². The second kappa shape index (κ2) is 7.77. The summed E-state index contributed by atoms with van der Waals surface area (Å²) >= 11 is 0. The van der Waals surface area contributed by atoms with E-state index in [1.807, 2.05) is 6.92 Å². The van der Waals surface area contributed by atoms with Crippen LogP contribution in [0.4, 0.5) is 0 Å². The van der Waals surface area contributed by atoms with Gasteiger partial charge in [-0.1, -0.05) is 26.7 Å². The summed E-state index contributed by atoms with van der Waals surface area (Å²) in [5, 5.41) is 3.98. The van der Waals surface area contributed by atoms with Crippen molar-refractivity contribution in [2.24, 2.45) is 5.10 Å². The number of rotatable bonds is 6. The number of nitrogens with zero attached hydrogens (tertiary/aromatic N) is 1. The van der Waals surface area contributed by atoms with Crippen LogP contribution in [0.25, 0.3) is 0 Å². The van der Waals surface area contributed by atoms with Gasteiger partial charge in [0.15, 0.2) is 0 Å². The van der Waals surface area contributed by atoms with Crippen LogP contribution in [0, 0.1) is 0 Å². The van der Waals surface area contributed by atoms with Crippen molar-refractivity contribution in [1.82, 2.24) is 5.43 Å². The highest BCUT2D eigenvalue weighted by Gasteiger charge is 1.97. The number of hydrogen-bond acceptors (Lipinski definition) is 2. The molecule has 3 heteroatoms. The third-order valence-electron chi connectivity index (χ3n) is 1.74. The van der Waals surface area contributed by atoms with Crippen LogP contribution in [0.5, 0.6) is 0 Å². The molecule has 0 bridgehead atoms. The Hall–Kier alpha value is -0.860. The van der Waals surface area contributed by atoms with E-state index in [0.717, 1.165) is 31.4 Å². The first-order valence-corrected chi connectivity index (χ1v) is 5.02. The quantitative estimate of drug-likeness (QED) is 0.500. The number of hydrazone groups is 1. The highest BCUT2D eigenvalue weighted by Crippen LogP contribution is 1.94. The fourth-order valence-electron chi connectivity index (χ4n) is 0.969. The van der Waals surface area contributed by atoms with Crippen LogP contribution >= 0.6 is 0 Å². The van der Waals surface area contributed by atoms with Gasteiger partial charge in [-0.2, -0.15) is 5.10 Å². The molecule has 13 heavy (non-hydrogen) atoms. The number of carbonyl (C=O) groups excluding carboxylic acids is 1. The van der Waals surface area contributed by atoms with Gasteiger partial charge in [0.05, 0.1) is 0 Å². The third kappa shape index (κ3) is 7.50. The lowest BCUT2D eigenvalue weighted by atomic mass is 10.2. The van der Waals surface area contributed by atoms with Crippen molar-refractivity contribution in [3.8, 4) is 0 Å². The molecule has 0 saturated heterocycles. The summed E-state index contributed by atoms with van der Waals surface area (Å²) in [6.07, 6.45) is 4.59. The zero-order valence-electron chi connectivity index (χ0n) is 8.89. The molecule has 0 aromatic rings. The molecule has 3 nitrogen and oxygen atoms in total. The van der Waals surface area contributed by atoms with Gasteiger partial charge in [0, 0.05) is 12.1 Å². The molecule has 0 aliphatic heterocycles. The lowest BCUT2D eigenvalue weighted by molar-refractivity contribution is -0.121. The predicted octanol–water partition coefficient (Wildman–Crippen LogP) is 2.47. The maximum atomic E-state index is 11.1. The van der Waals surface area contributed by atoms with Gasteiger partial charge in [-0.3, -0.25) is 4.79 Å². The maximum Gasteiger partial charge on any atom is 0.240 e. The summed E-state index contributed by atoms with van der Waals surface area (Å²) in [7, 11) is 0. The summed E-state index contributed by atoms with van der Waals surface area (Å²) in [6, 6.07) is 0. The van der Waals surface area contributed by atoms with Gasteiger partial charge in [0.2, 0.25) is 5.91 Å². The second-order valence-corrected chi connectivity index (χ2v) is 3.24. The highest BCUT2D eigenvalue weighted by atomic mass is 16.2. The molecule has 0 aliphatic carbocycles. The van der Waals surface area contributed by atoms with Crippen LogP contribution in [0.2, 0.25) is 0 Å². The molecule has 0 fully saturated rings. The van der Waals surface area contributed by atoms with Crippen LogP contribution in [0.3, 0.4) is 0 Å². The second-order valence-electron chi connectivity index (χ2n) is 3.24. The Morgan fingerprint density at radius 1 is 1.23 bits per heavy atom. The van der Waals surface area contributed by atoms with Crippen LogP contribution in [0.1, 0.15) is 52.9 Å². The summed E-state index contributed by atoms with van der Waals surface area (Å²) < 4.78 is 0. The van der Waals surface area contributed by atoms with Crippen LogP contribution < -0.4 is 5.43 Å². The molecule has 76 valence electrons. The van der Waals surface area contributed by atoms with Gasteiger partial charge < -0.3 is 0 Å². The average molecular weight is 184 g/mol. The third-order valence-corrected chi connectivity index (χ3v) is 1.74. The minimum atomic E-state index is 0.0253. The Bertz CT molecular complexity index is 176. The van der Waals surface area contributed by atoms with E-state index in [2.05, 4.69) is 24.4 Å². The summed E-state index contributed by atoms with van der Waals surface area (Å²) in [6.45, 7) is 6.10. The first-order chi connectivity index (χ1) is 6.20. The van der Waals surface area contributed by atoms with E-state index in [9.17, 15) is 4.79 Å². The molecular formula is C10H20N2O. The first-order valence-electron chi connectivity index (χ1n) is 5.02. The number of carbonyl (C=O) groups is 1. The lowest BCUT2D eigenvalue weighted by Gasteiger charge is -2.00. The Kier molecular flexibility index (Phi) is 7.26. The van der Waals surface area contributed by atoms with Gasteiger partial charge in [0.1, 0.15) is 0 Å². The normalized spacial score (nSPS) is 11.5. The zero-order chi connectivity index (χ0) is 10.1. The molecular weight excluding hydrogens is 164 g/mol. The van der Waals surface area contributed by atoms with Crippen molar-refractivity contribution in [3.63, 3.8) is 0 Å². The van der Waals surface area contributed by atoms with Crippen molar-refractivity contribution in [1.29, 1.82) is 0 Å². The van der Waals surface area contributed by atoms with E-state index in [-0.39, 0.29) is 5.91 Å². The summed E-state index contributed by atoms with van der Waals surface area (Å²) in [5.74, 6) is 0.0253. The van der Waals surface area contributed by atoms with E-state index < -0.39 is 0 Å². The van der Waals surface area contributed by atoms with E-state index in [4.69, 9.17) is 0 Å². The SMILES string of the molecule is CCCCC(=O)N/N=C(\C)CCC. The number of nitrogens with one attached hydrogen (secondary N) is 1. The van der Waals surface area contributed by atoms with E-state index in [0.29, 0.717) is 6.42 Å². The molecule has 0 spiro atoms. The predicted molar refractivity (Wildman–Crippen MR) is 55.7 cm³/mol. The Morgan fingerprint density at radius 2 is 1.92 bits per heavy atom. The first kappa shape index (κ1) is 12.1. The maximum absolute atomic E-state index is 11.1. The molecule has 0 radical (unpaired) electrons. The molecule has 0 unspecified atom stereocenters. The molecule has 1 amide bonds. The van der Waals surface area contributed by atoms with Gasteiger partial charge in [-0.05, 0) is 19.8 Å². The largest absolute Gasteiger partial charge is 0.273 e. The summed E-state index contributed by atoms with van der Waals surface area (Å²) in [4.78, 5) is 11.1. The smallest absolute Gasteiger partial charge is 0.240 e. The van der Waals surface area contributed by atoms with Gasteiger partial charge in [-0.15, -0.1) is 0 Å². The van der Waals surface area contributed by atoms with Gasteiger partial charge in [-0.25, -0.2) is 5.43 Å². The molecule has 0 aromatic heterocycles. The van der Waals surface area contributed by atoms with Crippen molar-refractivity contribution in [2.45, 2.75) is 52.9 Å². The fraction of sp³-hybridized carbons (Fsp3) is 0.800. The topological polar surface area (TPSA) is 41.5 Å². The molecule has 0 rings (SSSR count). The monoisotopic (exact) mass is 184 g/mol. The van der Waals surface area contributed by atoms with Crippen LogP contribution in [-0.4, -0.2) is 11.6 Å². The minimum Gasteiger partial charge on any atom is -0.273 e. The van der Waals surface area contributed by atoms with Crippen LogP contribution in [0.15, 0.2) is 5.10 Å². The Labute approximate surface area is 80.6 Å². The minimum absolute atomic E-state index is 0.0253. The molecule has 0 heterocycles. The Morgan fingerprint density at radius 3 is 2.46 bits per heavy atom. The zero-order valence-corrected chi connectivity index (χ0v) is 8.89. The van der Waals surface area contributed by atoms with Gasteiger partial charge >= 0.3 is 0 Å². The molecule has 0 aliphatic rings. The van der Waals surface area contributed by atoms with Crippen molar-refractivity contribution in [3.05, 3.63) is 0 Å². The average Bonchev–Trinajstić information content (AvgIpc) is 2.12. The summed E-state index contributed by atoms with van der Waals surface area (Å²) in [5.41, 5.74) is 3.54. The number of unbranched alkanes of at least 4 members (excludes halogenated alkanes) is 1. The van der Waals surface area contributed by atoms with Gasteiger partial charge in [0.25, 0.3) is 0 Å². The molecule has 0 saturated carbocycles.